The molecule has 0 aromatic heterocycles. The zero-order chi connectivity index (χ0) is 11.8. The summed E-state index contributed by atoms with van der Waals surface area (Å²) in [5, 5.41) is 10.5. The van der Waals surface area contributed by atoms with Gasteiger partial charge in [0, 0.05) is 5.92 Å². The molecule has 0 spiro atoms. The average molecular weight is 220 g/mol. The van der Waals surface area contributed by atoms with E-state index in [0.717, 1.165) is 12.8 Å². The van der Waals surface area contributed by atoms with Gasteiger partial charge >= 0.3 is 0 Å². The van der Waals surface area contributed by atoms with Crippen molar-refractivity contribution in [2.75, 3.05) is 0 Å². The van der Waals surface area contributed by atoms with Crippen LogP contribution in [0.4, 0.5) is 0 Å². The lowest BCUT2D eigenvalue weighted by Crippen LogP contribution is -2.46. The molecule has 2 aliphatic rings. The normalized spacial score (nSPS) is 43.4. The summed E-state index contributed by atoms with van der Waals surface area (Å²) in [6.07, 6.45) is 9.94. The molecule has 1 heteroatoms. The Balaban J connectivity index is 2.23. The number of aliphatic hydroxyl groups excluding tert-OH is 1. The van der Waals surface area contributed by atoms with Crippen LogP contribution in [-0.2, 0) is 0 Å². The van der Waals surface area contributed by atoms with E-state index in [0.29, 0.717) is 17.3 Å². The van der Waals surface area contributed by atoms with Gasteiger partial charge in [-0.05, 0) is 50.4 Å². The molecule has 2 aliphatic carbocycles. The summed E-state index contributed by atoms with van der Waals surface area (Å²) < 4.78 is 0. The number of hydrogen-bond donors (Lipinski definition) is 1. The standard InChI is InChI=1S/C15H24O/c1-4-6-12-8-10-15(3)9-5-7-11(2)13(15)14(12)16/h4,7,12-14,16H,1,5-6,8-10H2,2-3H3. The lowest BCUT2D eigenvalue weighted by Gasteiger charge is -2.50. The van der Waals surface area contributed by atoms with Gasteiger partial charge in [-0.25, -0.2) is 0 Å². The zero-order valence-electron chi connectivity index (χ0n) is 10.6. The Morgan fingerprint density at radius 2 is 2.31 bits per heavy atom. The summed E-state index contributed by atoms with van der Waals surface area (Å²) in [6.45, 7) is 8.36. The van der Waals surface area contributed by atoms with Crippen LogP contribution < -0.4 is 0 Å². The summed E-state index contributed by atoms with van der Waals surface area (Å²) in [6, 6.07) is 0. The monoisotopic (exact) mass is 220 g/mol. The first-order valence-corrected chi connectivity index (χ1v) is 6.54. The van der Waals surface area contributed by atoms with Gasteiger partial charge in [0.1, 0.15) is 0 Å². The minimum Gasteiger partial charge on any atom is -0.392 e. The predicted octanol–water partition coefficient (Wildman–Crippen LogP) is 3.70. The lowest BCUT2D eigenvalue weighted by molar-refractivity contribution is -0.0460. The summed E-state index contributed by atoms with van der Waals surface area (Å²) in [5.41, 5.74) is 1.76. The van der Waals surface area contributed by atoms with Gasteiger partial charge in [-0.3, -0.25) is 0 Å². The van der Waals surface area contributed by atoms with Crippen molar-refractivity contribution in [1.29, 1.82) is 0 Å². The molecule has 0 bridgehead atoms. The topological polar surface area (TPSA) is 20.2 Å². The third-order valence-electron chi connectivity index (χ3n) is 4.80. The zero-order valence-corrected chi connectivity index (χ0v) is 10.6. The lowest BCUT2D eigenvalue weighted by atomic mass is 9.56. The first-order valence-electron chi connectivity index (χ1n) is 6.54. The van der Waals surface area contributed by atoms with Gasteiger partial charge in [-0.1, -0.05) is 24.6 Å². The second-order valence-electron chi connectivity index (χ2n) is 5.93. The molecule has 4 unspecified atom stereocenters. The highest BCUT2D eigenvalue weighted by molar-refractivity contribution is 5.17. The maximum Gasteiger partial charge on any atom is 0.0641 e. The third-order valence-corrected chi connectivity index (χ3v) is 4.80. The van der Waals surface area contributed by atoms with Crippen molar-refractivity contribution < 1.29 is 5.11 Å². The largest absolute Gasteiger partial charge is 0.392 e. The highest BCUT2D eigenvalue weighted by Crippen LogP contribution is 2.52. The van der Waals surface area contributed by atoms with Crippen LogP contribution in [0.5, 0.6) is 0 Å². The molecule has 1 nitrogen and oxygen atoms in total. The number of fused-ring (bicyclic) bond motifs is 1. The molecule has 0 heterocycles. The van der Waals surface area contributed by atoms with Crippen molar-refractivity contribution in [2.45, 2.75) is 52.1 Å². The molecule has 1 N–H and O–H groups in total. The molecule has 0 aliphatic heterocycles. The number of rotatable bonds is 2. The van der Waals surface area contributed by atoms with Gasteiger partial charge in [-0.15, -0.1) is 6.58 Å². The molecule has 90 valence electrons. The van der Waals surface area contributed by atoms with Gasteiger partial charge in [-0.2, -0.15) is 0 Å². The summed E-state index contributed by atoms with van der Waals surface area (Å²) in [7, 11) is 0. The van der Waals surface area contributed by atoms with Crippen LogP contribution in [0.15, 0.2) is 24.3 Å². The van der Waals surface area contributed by atoms with Crippen molar-refractivity contribution in [3.05, 3.63) is 24.3 Å². The van der Waals surface area contributed by atoms with E-state index in [9.17, 15) is 5.11 Å². The SMILES string of the molecule is C=CCC1CCC2(C)CCC=C(C)C2C1O. The first kappa shape index (κ1) is 11.9. The highest BCUT2D eigenvalue weighted by Gasteiger charge is 2.46. The van der Waals surface area contributed by atoms with Gasteiger partial charge in [0.2, 0.25) is 0 Å². The van der Waals surface area contributed by atoms with Crippen molar-refractivity contribution in [2.24, 2.45) is 17.3 Å². The minimum atomic E-state index is -0.159. The molecule has 0 aromatic carbocycles. The predicted molar refractivity (Wildman–Crippen MR) is 68.1 cm³/mol. The molecule has 0 radical (unpaired) electrons. The molecule has 2 rings (SSSR count). The molecular formula is C15H24O. The Kier molecular flexibility index (Phi) is 3.25. The molecule has 0 saturated heterocycles. The van der Waals surface area contributed by atoms with E-state index in [1.165, 1.54) is 24.8 Å². The smallest absolute Gasteiger partial charge is 0.0641 e. The Bertz CT molecular complexity index is 305. The van der Waals surface area contributed by atoms with E-state index in [4.69, 9.17) is 0 Å². The van der Waals surface area contributed by atoms with Crippen LogP contribution in [-0.4, -0.2) is 11.2 Å². The number of aliphatic hydroxyl groups is 1. The van der Waals surface area contributed by atoms with Crippen LogP contribution in [0.2, 0.25) is 0 Å². The second kappa shape index (κ2) is 4.37. The van der Waals surface area contributed by atoms with E-state index in [1.807, 2.05) is 6.08 Å². The fourth-order valence-electron chi connectivity index (χ4n) is 3.85. The van der Waals surface area contributed by atoms with Gasteiger partial charge in [0.25, 0.3) is 0 Å². The molecule has 0 amide bonds. The summed E-state index contributed by atoms with van der Waals surface area (Å²) in [4.78, 5) is 0. The second-order valence-corrected chi connectivity index (χ2v) is 5.93. The first-order chi connectivity index (χ1) is 7.58. The average Bonchev–Trinajstić information content (AvgIpc) is 2.22. The number of hydrogen-bond acceptors (Lipinski definition) is 1. The fourth-order valence-corrected chi connectivity index (χ4v) is 3.85. The van der Waals surface area contributed by atoms with Gasteiger partial charge in [0.15, 0.2) is 0 Å². The Hall–Kier alpha value is -0.560. The van der Waals surface area contributed by atoms with Crippen LogP contribution >= 0.6 is 0 Å². The summed E-state index contributed by atoms with van der Waals surface area (Å²) in [5.74, 6) is 0.817. The third kappa shape index (κ3) is 1.86. The fraction of sp³-hybridized carbons (Fsp3) is 0.733. The van der Waals surface area contributed by atoms with E-state index in [2.05, 4.69) is 26.5 Å². The van der Waals surface area contributed by atoms with Crippen molar-refractivity contribution in [3.63, 3.8) is 0 Å². The quantitative estimate of drug-likeness (QED) is 0.704. The molecule has 4 atom stereocenters. The molecule has 16 heavy (non-hydrogen) atoms. The van der Waals surface area contributed by atoms with E-state index in [1.54, 1.807) is 0 Å². The summed E-state index contributed by atoms with van der Waals surface area (Å²) >= 11 is 0. The molecular weight excluding hydrogens is 196 g/mol. The Labute approximate surface area is 99.3 Å². The van der Waals surface area contributed by atoms with Crippen LogP contribution in [0, 0.1) is 17.3 Å². The molecule has 1 fully saturated rings. The highest BCUT2D eigenvalue weighted by atomic mass is 16.3. The Morgan fingerprint density at radius 1 is 1.56 bits per heavy atom. The maximum atomic E-state index is 10.5. The molecule has 0 aromatic rings. The van der Waals surface area contributed by atoms with Crippen LogP contribution in [0.1, 0.15) is 46.0 Å². The van der Waals surface area contributed by atoms with Crippen LogP contribution in [0.25, 0.3) is 0 Å². The minimum absolute atomic E-state index is 0.159. The van der Waals surface area contributed by atoms with Crippen LogP contribution in [0.3, 0.4) is 0 Å². The number of allylic oxidation sites excluding steroid dienone is 2. The van der Waals surface area contributed by atoms with Crippen molar-refractivity contribution >= 4 is 0 Å². The van der Waals surface area contributed by atoms with Crippen molar-refractivity contribution in [3.8, 4) is 0 Å². The van der Waals surface area contributed by atoms with Crippen molar-refractivity contribution in [1.82, 2.24) is 0 Å². The maximum absolute atomic E-state index is 10.5. The van der Waals surface area contributed by atoms with Gasteiger partial charge in [0.05, 0.1) is 6.10 Å². The molecule has 1 saturated carbocycles. The Morgan fingerprint density at radius 3 is 3.00 bits per heavy atom. The van der Waals surface area contributed by atoms with Gasteiger partial charge < -0.3 is 5.11 Å². The van der Waals surface area contributed by atoms with E-state index >= 15 is 0 Å². The van der Waals surface area contributed by atoms with E-state index < -0.39 is 0 Å². The van der Waals surface area contributed by atoms with E-state index in [-0.39, 0.29) is 6.10 Å².